The van der Waals surface area contributed by atoms with E-state index in [0.717, 1.165) is 17.9 Å². The lowest BCUT2D eigenvalue weighted by molar-refractivity contribution is -0.140. The molecule has 0 bridgehead atoms. The smallest absolute Gasteiger partial charge is 0.305 e. The van der Waals surface area contributed by atoms with Gasteiger partial charge in [0, 0.05) is 18.3 Å². The molecule has 0 fully saturated rings. The number of hydrogen-bond donors (Lipinski definition) is 0. The van der Waals surface area contributed by atoms with Crippen LogP contribution in [0.25, 0.3) is 0 Å². The monoisotopic (exact) mass is 314 g/mol. The normalized spacial score (nSPS) is 18.8. The molecular formula is C19H26N2O2. The molecule has 23 heavy (non-hydrogen) atoms. The molecule has 0 N–H and O–H groups in total. The second-order valence-corrected chi connectivity index (χ2v) is 5.65. The minimum Gasteiger partial charge on any atom is -0.469 e. The fraction of sp³-hybridized carbons (Fsp3) is 0.474. The molecule has 2 heterocycles. The van der Waals surface area contributed by atoms with Gasteiger partial charge in [0.1, 0.15) is 5.82 Å². The van der Waals surface area contributed by atoms with Crippen molar-refractivity contribution in [3.63, 3.8) is 0 Å². The average Bonchev–Trinajstić information content (AvgIpc) is 3.13. The molecular weight excluding hydrogens is 288 g/mol. The summed E-state index contributed by atoms with van der Waals surface area (Å²) in [4.78, 5) is 15.9. The number of benzene rings is 1. The van der Waals surface area contributed by atoms with Gasteiger partial charge in [-0.2, -0.15) is 0 Å². The number of esters is 1. The molecule has 0 saturated carbocycles. The Morgan fingerprint density at radius 3 is 2.65 bits per heavy atom. The van der Waals surface area contributed by atoms with Gasteiger partial charge in [-0.1, -0.05) is 51.1 Å². The van der Waals surface area contributed by atoms with Gasteiger partial charge in [-0.25, -0.2) is 4.98 Å². The second-order valence-electron chi connectivity index (χ2n) is 5.65. The van der Waals surface area contributed by atoms with Crippen LogP contribution in [0.3, 0.4) is 0 Å². The summed E-state index contributed by atoms with van der Waals surface area (Å²) in [5, 5.41) is 0. The number of aryl methyl sites for hydroxylation is 1. The Labute approximate surface area is 138 Å². The van der Waals surface area contributed by atoms with Crippen LogP contribution in [0.5, 0.6) is 0 Å². The summed E-state index contributed by atoms with van der Waals surface area (Å²) >= 11 is 0. The van der Waals surface area contributed by atoms with Crippen LogP contribution >= 0.6 is 0 Å². The van der Waals surface area contributed by atoms with E-state index in [9.17, 15) is 4.79 Å². The number of aromatic nitrogens is 2. The summed E-state index contributed by atoms with van der Waals surface area (Å²) in [6, 6.07) is 10.8. The molecule has 0 amide bonds. The lowest BCUT2D eigenvalue weighted by atomic mass is 9.95. The van der Waals surface area contributed by atoms with E-state index in [1.807, 2.05) is 26.1 Å². The van der Waals surface area contributed by atoms with Crippen molar-refractivity contribution >= 4 is 5.97 Å². The maximum Gasteiger partial charge on any atom is 0.305 e. The Balaban J connectivity index is 0.000000924. The predicted molar refractivity (Wildman–Crippen MR) is 91.4 cm³/mol. The van der Waals surface area contributed by atoms with Crippen molar-refractivity contribution in [2.75, 3.05) is 7.11 Å². The summed E-state index contributed by atoms with van der Waals surface area (Å²) in [5.74, 6) is 1.47. The summed E-state index contributed by atoms with van der Waals surface area (Å²) in [6.45, 7) is 6.26. The topological polar surface area (TPSA) is 44.1 Å². The van der Waals surface area contributed by atoms with Crippen LogP contribution in [0.15, 0.2) is 36.5 Å². The highest BCUT2D eigenvalue weighted by molar-refractivity contribution is 5.69. The third kappa shape index (κ3) is 3.63. The van der Waals surface area contributed by atoms with Gasteiger partial charge in [-0.05, 0) is 17.9 Å². The number of ether oxygens (including phenoxy) is 1. The van der Waals surface area contributed by atoms with Crippen molar-refractivity contribution in [1.29, 1.82) is 0 Å². The second kappa shape index (κ2) is 7.95. The van der Waals surface area contributed by atoms with E-state index < -0.39 is 0 Å². The van der Waals surface area contributed by atoms with Gasteiger partial charge in [0.15, 0.2) is 0 Å². The van der Waals surface area contributed by atoms with E-state index in [4.69, 9.17) is 4.74 Å². The van der Waals surface area contributed by atoms with Crippen LogP contribution in [0.1, 0.15) is 50.3 Å². The molecule has 0 saturated heterocycles. The molecule has 1 aliphatic rings. The van der Waals surface area contributed by atoms with Crippen molar-refractivity contribution in [3.8, 4) is 0 Å². The van der Waals surface area contributed by atoms with E-state index in [0.29, 0.717) is 24.8 Å². The molecule has 2 aromatic rings. The number of hydrogen-bond acceptors (Lipinski definition) is 3. The van der Waals surface area contributed by atoms with Crippen LogP contribution in [0.4, 0.5) is 0 Å². The first kappa shape index (κ1) is 17.3. The average molecular weight is 314 g/mol. The fourth-order valence-electron chi connectivity index (χ4n) is 3.23. The van der Waals surface area contributed by atoms with Crippen molar-refractivity contribution in [2.24, 2.45) is 5.92 Å². The zero-order chi connectivity index (χ0) is 16.8. The van der Waals surface area contributed by atoms with Crippen molar-refractivity contribution in [3.05, 3.63) is 53.6 Å². The summed E-state index contributed by atoms with van der Waals surface area (Å²) in [5.41, 5.74) is 2.43. The number of carbonyl (C=O) groups excluding carboxylic acids is 1. The maximum atomic E-state index is 11.4. The van der Waals surface area contributed by atoms with Gasteiger partial charge in [0.05, 0.1) is 19.6 Å². The number of rotatable bonds is 4. The Morgan fingerprint density at radius 2 is 2.00 bits per heavy atom. The number of imidazole rings is 1. The predicted octanol–water partition coefficient (Wildman–Crippen LogP) is 3.80. The molecule has 4 nitrogen and oxygen atoms in total. The third-order valence-corrected chi connectivity index (χ3v) is 4.23. The van der Waals surface area contributed by atoms with Crippen LogP contribution < -0.4 is 0 Å². The minimum absolute atomic E-state index is 0.173. The Hall–Kier alpha value is -2.10. The van der Waals surface area contributed by atoms with Crippen molar-refractivity contribution in [1.82, 2.24) is 9.55 Å². The highest BCUT2D eigenvalue weighted by Gasteiger charge is 2.32. The van der Waals surface area contributed by atoms with Gasteiger partial charge in [-0.3, -0.25) is 4.79 Å². The van der Waals surface area contributed by atoms with E-state index in [1.54, 1.807) is 0 Å². The van der Waals surface area contributed by atoms with Crippen molar-refractivity contribution in [2.45, 2.75) is 46.1 Å². The van der Waals surface area contributed by atoms with Crippen LogP contribution in [0.2, 0.25) is 0 Å². The molecule has 2 unspecified atom stereocenters. The fourth-order valence-corrected chi connectivity index (χ4v) is 3.23. The van der Waals surface area contributed by atoms with Gasteiger partial charge < -0.3 is 9.30 Å². The molecule has 0 aliphatic carbocycles. The molecule has 124 valence electrons. The van der Waals surface area contributed by atoms with Crippen LogP contribution in [-0.2, 0) is 22.4 Å². The Bertz CT molecular complexity index is 634. The van der Waals surface area contributed by atoms with Crippen molar-refractivity contribution < 1.29 is 9.53 Å². The summed E-state index contributed by atoms with van der Waals surface area (Å²) < 4.78 is 7.04. The number of methoxy groups -OCH3 is 1. The molecule has 1 aromatic heterocycles. The highest BCUT2D eigenvalue weighted by Crippen LogP contribution is 2.37. The minimum atomic E-state index is -0.173. The molecule has 1 aliphatic heterocycles. The number of nitrogens with zero attached hydrogens (tertiary/aromatic N) is 2. The SMILES string of the molecule is CC.COC(=O)CCc1cnc2n1C(c1ccccc1)C(C)C2. The molecule has 2 atom stereocenters. The standard InChI is InChI=1S/C17H20N2O2.C2H6/c1-12-10-15-18-11-14(8-9-16(20)21-2)19(15)17(12)13-6-4-3-5-7-13;1-2/h3-7,11-12,17H,8-10H2,1-2H3;1-2H3. The van der Waals surface area contributed by atoms with E-state index >= 15 is 0 Å². The van der Waals surface area contributed by atoms with Gasteiger partial charge >= 0.3 is 5.97 Å². The lowest BCUT2D eigenvalue weighted by Gasteiger charge is -2.21. The van der Waals surface area contributed by atoms with Gasteiger partial charge in [0.2, 0.25) is 0 Å². The molecule has 3 rings (SSSR count). The molecule has 0 spiro atoms. The zero-order valence-corrected chi connectivity index (χ0v) is 14.5. The zero-order valence-electron chi connectivity index (χ0n) is 14.5. The number of fused-ring (bicyclic) bond motifs is 1. The van der Waals surface area contributed by atoms with E-state index in [2.05, 4.69) is 40.7 Å². The summed E-state index contributed by atoms with van der Waals surface area (Å²) in [7, 11) is 1.43. The molecule has 0 radical (unpaired) electrons. The molecule has 4 heteroatoms. The van der Waals surface area contributed by atoms with Crippen LogP contribution in [-0.4, -0.2) is 22.6 Å². The van der Waals surface area contributed by atoms with Gasteiger partial charge in [-0.15, -0.1) is 0 Å². The van der Waals surface area contributed by atoms with Crippen LogP contribution in [0, 0.1) is 5.92 Å². The Kier molecular flexibility index (Phi) is 5.97. The van der Waals surface area contributed by atoms with E-state index in [-0.39, 0.29) is 5.97 Å². The van der Waals surface area contributed by atoms with Gasteiger partial charge in [0.25, 0.3) is 0 Å². The first-order valence-corrected chi connectivity index (χ1v) is 8.37. The molecule has 1 aromatic carbocycles. The largest absolute Gasteiger partial charge is 0.469 e. The first-order chi connectivity index (χ1) is 11.2. The number of carbonyl (C=O) groups is 1. The highest BCUT2D eigenvalue weighted by atomic mass is 16.5. The Morgan fingerprint density at radius 1 is 1.30 bits per heavy atom. The maximum absolute atomic E-state index is 11.4. The first-order valence-electron chi connectivity index (χ1n) is 8.37. The summed E-state index contributed by atoms with van der Waals surface area (Å²) in [6.07, 6.45) is 3.96. The quantitative estimate of drug-likeness (QED) is 0.806. The van der Waals surface area contributed by atoms with E-state index in [1.165, 1.54) is 12.7 Å². The lowest BCUT2D eigenvalue weighted by Crippen LogP contribution is -2.15. The third-order valence-electron chi connectivity index (χ3n) is 4.23.